The molecule has 4 aliphatic carbocycles. The summed E-state index contributed by atoms with van der Waals surface area (Å²) in [6.07, 6.45) is 17.4. The van der Waals surface area contributed by atoms with Gasteiger partial charge >= 0.3 is 0 Å². The van der Waals surface area contributed by atoms with Gasteiger partial charge in [-0.2, -0.15) is 0 Å². The highest BCUT2D eigenvalue weighted by Crippen LogP contribution is 2.67. The molecule has 4 fully saturated rings. The molecule has 4 aliphatic rings. The first-order chi connectivity index (χ1) is 13.4. The van der Waals surface area contributed by atoms with Crippen LogP contribution < -0.4 is 0 Å². The molecular formula is C26H46O2. The molecule has 28 heavy (non-hydrogen) atoms. The molecule has 0 saturated heterocycles. The van der Waals surface area contributed by atoms with E-state index in [9.17, 15) is 10.2 Å². The van der Waals surface area contributed by atoms with E-state index in [0.717, 1.165) is 42.9 Å². The molecule has 0 amide bonds. The zero-order valence-electron chi connectivity index (χ0n) is 18.8. The molecule has 4 saturated carbocycles. The summed E-state index contributed by atoms with van der Waals surface area (Å²) in [7, 11) is 0. The maximum absolute atomic E-state index is 11.1. The molecule has 162 valence electrons. The van der Waals surface area contributed by atoms with E-state index in [1.165, 1.54) is 70.6 Å². The third-order valence-electron chi connectivity index (χ3n) is 10.5. The van der Waals surface area contributed by atoms with E-state index in [-0.39, 0.29) is 12.2 Å². The second-order valence-corrected chi connectivity index (χ2v) is 11.7. The quantitative estimate of drug-likeness (QED) is 0.520. The van der Waals surface area contributed by atoms with Crippen LogP contribution in [0.2, 0.25) is 0 Å². The lowest BCUT2D eigenvalue weighted by Gasteiger charge is -2.61. The summed E-state index contributed by atoms with van der Waals surface area (Å²) in [5, 5.41) is 21.3. The van der Waals surface area contributed by atoms with Crippen LogP contribution in [0.3, 0.4) is 0 Å². The maximum atomic E-state index is 11.1. The summed E-state index contributed by atoms with van der Waals surface area (Å²) in [6.45, 7) is 7.40. The third-order valence-corrected chi connectivity index (χ3v) is 10.5. The fourth-order valence-corrected chi connectivity index (χ4v) is 8.89. The van der Waals surface area contributed by atoms with Crippen LogP contribution >= 0.6 is 0 Å². The summed E-state index contributed by atoms with van der Waals surface area (Å²) in [4.78, 5) is 0. The fraction of sp³-hybridized carbons (Fsp3) is 1.00. The van der Waals surface area contributed by atoms with Gasteiger partial charge in [0.25, 0.3) is 0 Å². The zero-order chi connectivity index (χ0) is 19.9. The Bertz CT molecular complexity index is 533. The summed E-state index contributed by atoms with van der Waals surface area (Å²) >= 11 is 0. The third kappa shape index (κ3) is 3.49. The summed E-state index contributed by atoms with van der Waals surface area (Å²) in [5.74, 6) is 3.89. The van der Waals surface area contributed by atoms with Crippen LogP contribution in [0.5, 0.6) is 0 Å². The minimum Gasteiger partial charge on any atom is -0.393 e. The second kappa shape index (κ2) is 8.22. The predicted octanol–water partition coefficient (Wildman–Crippen LogP) is 6.34. The lowest BCUT2D eigenvalue weighted by atomic mass is 9.44. The van der Waals surface area contributed by atoms with Gasteiger partial charge in [-0.15, -0.1) is 0 Å². The zero-order valence-corrected chi connectivity index (χ0v) is 18.8. The number of hydrogen-bond donors (Lipinski definition) is 2. The van der Waals surface area contributed by atoms with Gasteiger partial charge in [0, 0.05) is 0 Å². The molecule has 0 aromatic rings. The average molecular weight is 391 g/mol. The minimum absolute atomic E-state index is 0.0396. The van der Waals surface area contributed by atoms with E-state index in [4.69, 9.17) is 0 Å². The predicted molar refractivity (Wildman–Crippen MR) is 116 cm³/mol. The molecule has 0 radical (unpaired) electrons. The molecule has 8 unspecified atom stereocenters. The van der Waals surface area contributed by atoms with Gasteiger partial charge in [0.1, 0.15) is 0 Å². The lowest BCUT2D eigenvalue weighted by molar-refractivity contribution is -0.133. The molecular weight excluding hydrogens is 344 g/mol. The van der Waals surface area contributed by atoms with Crippen molar-refractivity contribution in [3.63, 3.8) is 0 Å². The van der Waals surface area contributed by atoms with E-state index in [1.807, 2.05) is 0 Å². The molecule has 0 spiro atoms. The van der Waals surface area contributed by atoms with Gasteiger partial charge in [-0.1, -0.05) is 46.5 Å². The van der Waals surface area contributed by atoms with Crippen molar-refractivity contribution in [2.75, 3.05) is 0 Å². The van der Waals surface area contributed by atoms with E-state index < -0.39 is 0 Å². The first kappa shape index (κ1) is 21.2. The Morgan fingerprint density at radius 1 is 0.857 bits per heavy atom. The van der Waals surface area contributed by atoms with Crippen LogP contribution in [0.25, 0.3) is 0 Å². The second-order valence-electron chi connectivity index (χ2n) is 11.7. The topological polar surface area (TPSA) is 40.5 Å². The molecule has 0 aliphatic heterocycles. The van der Waals surface area contributed by atoms with Crippen molar-refractivity contribution < 1.29 is 10.2 Å². The first-order valence-electron chi connectivity index (χ1n) is 12.8. The van der Waals surface area contributed by atoms with E-state index in [0.29, 0.717) is 16.7 Å². The number of fused-ring (bicyclic) bond motifs is 5. The van der Waals surface area contributed by atoms with Crippen LogP contribution in [-0.2, 0) is 0 Å². The van der Waals surface area contributed by atoms with Crippen molar-refractivity contribution in [3.8, 4) is 0 Å². The van der Waals surface area contributed by atoms with Gasteiger partial charge in [-0.05, 0) is 105 Å². The Morgan fingerprint density at radius 3 is 2.39 bits per heavy atom. The van der Waals surface area contributed by atoms with Gasteiger partial charge in [0.2, 0.25) is 0 Å². The van der Waals surface area contributed by atoms with Crippen LogP contribution in [0.1, 0.15) is 111 Å². The molecule has 9 atom stereocenters. The number of hydrogen-bond acceptors (Lipinski definition) is 2. The van der Waals surface area contributed by atoms with Gasteiger partial charge in [-0.3, -0.25) is 0 Å². The van der Waals surface area contributed by atoms with E-state index >= 15 is 0 Å². The normalized spacial score (nSPS) is 49.2. The van der Waals surface area contributed by atoms with E-state index in [1.54, 1.807) is 0 Å². The van der Waals surface area contributed by atoms with Crippen molar-refractivity contribution in [2.24, 2.45) is 40.4 Å². The SMILES string of the molecule is CCCCCCC(O)C1CCC2C3CCC4CC(O)CC[C@]4(C)C3CCC12C. The Labute approximate surface area is 173 Å². The van der Waals surface area contributed by atoms with Crippen LogP contribution in [0.4, 0.5) is 0 Å². The molecule has 0 heterocycles. The Kier molecular flexibility index (Phi) is 6.21. The van der Waals surface area contributed by atoms with Gasteiger partial charge in [0.05, 0.1) is 12.2 Å². The highest BCUT2D eigenvalue weighted by atomic mass is 16.3. The molecule has 2 N–H and O–H groups in total. The standard InChI is InChI=1S/C26H46O2/c1-4-5-6-7-8-24(28)23-12-11-21-20-10-9-18-17-19(27)13-15-25(18,2)22(20)14-16-26(21,23)3/h18-24,27-28H,4-17H2,1-3H3/t18?,19?,20?,21?,22?,23?,24?,25-,26?/m0/s1. The van der Waals surface area contributed by atoms with Crippen LogP contribution in [0.15, 0.2) is 0 Å². The molecule has 0 bridgehead atoms. The minimum atomic E-state index is -0.0693. The Hall–Kier alpha value is -0.0800. The van der Waals surface area contributed by atoms with Gasteiger partial charge in [-0.25, -0.2) is 0 Å². The highest BCUT2D eigenvalue weighted by Gasteiger charge is 2.60. The van der Waals surface area contributed by atoms with Crippen molar-refractivity contribution >= 4 is 0 Å². The van der Waals surface area contributed by atoms with Crippen molar-refractivity contribution in [3.05, 3.63) is 0 Å². The number of rotatable bonds is 6. The Morgan fingerprint density at radius 2 is 1.61 bits per heavy atom. The fourth-order valence-electron chi connectivity index (χ4n) is 8.89. The van der Waals surface area contributed by atoms with E-state index in [2.05, 4.69) is 20.8 Å². The number of aliphatic hydroxyl groups is 2. The summed E-state index contributed by atoms with van der Waals surface area (Å²) in [5.41, 5.74) is 0.850. The largest absolute Gasteiger partial charge is 0.393 e. The number of unbranched alkanes of at least 4 members (excludes halogenated alkanes) is 3. The molecule has 4 rings (SSSR count). The molecule has 2 nitrogen and oxygen atoms in total. The number of aliphatic hydroxyl groups excluding tert-OH is 2. The smallest absolute Gasteiger partial charge is 0.0573 e. The van der Waals surface area contributed by atoms with Crippen molar-refractivity contribution in [1.29, 1.82) is 0 Å². The van der Waals surface area contributed by atoms with Crippen LogP contribution in [0, 0.1) is 40.4 Å². The van der Waals surface area contributed by atoms with Crippen molar-refractivity contribution in [2.45, 2.75) is 123 Å². The van der Waals surface area contributed by atoms with Crippen molar-refractivity contribution in [1.82, 2.24) is 0 Å². The Balaban J connectivity index is 1.45. The highest BCUT2D eigenvalue weighted by molar-refractivity contribution is 5.10. The molecule has 0 aromatic heterocycles. The maximum Gasteiger partial charge on any atom is 0.0573 e. The van der Waals surface area contributed by atoms with Gasteiger partial charge in [0.15, 0.2) is 0 Å². The summed E-state index contributed by atoms with van der Waals surface area (Å²) in [6, 6.07) is 0. The lowest BCUT2D eigenvalue weighted by Crippen LogP contribution is -2.54. The average Bonchev–Trinajstić information content (AvgIpc) is 3.03. The first-order valence-corrected chi connectivity index (χ1v) is 12.8. The summed E-state index contributed by atoms with van der Waals surface area (Å²) < 4.78 is 0. The van der Waals surface area contributed by atoms with Gasteiger partial charge < -0.3 is 10.2 Å². The van der Waals surface area contributed by atoms with Crippen LogP contribution in [-0.4, -0.2) is 22.4 Å². The molecule has 2 heteroatoms. The monoisotopic (exact) mass is 390 g/mol. The molecule has 0 aromatic carbocycles.